The number of hydrogen-bond donors (Lipinski definition) is 1. The van der Waals surface area contributed by atoms with Gasteiger partial charge in [0.05, 0.1) is 18.5 Å². The normalized spacial score (nSPS) is 12.7. The predicted octanol–water partition coefficient (Wildman–Crippen LogP) is 5.48. The van der Waals surface area contributed by atoms with Gasteiger partial charge in [-0.3, -0.25) is 0 Å². The molecule has 0 unspecified atom stereocenters. The standard InChI is InChI=1S/C27H23FN6O2/c1-16-5-3-8-23(32-16)36-22-10-9-17(13-19(22)28)24-18-14-30-15-31-26(18)34-12-11-33(27(24)34)21-7-4-6-20(29)25(21)35-2/h3-10,13-15H,11-12,29H2,1-2H3. The van der Waals surface area contributed by atoms with E-state index in [2.05, 4.69) is 24.4 Å². The second kappa shape index (κ2) is 8.53. The van der Waals surface area contributed by atoms with Gasteiger partial charge >= 0.3 is 0 Å². The summed E-state index contributed by atoms with van der Waals surface area (Å²) in [4.78, 5) is 15.2. The molecule has 0 saturated carbocycles. The van der Waals surface area contributed by atoms with Crippen LogP contribution >= 0.6 is 0 Å². The van der Waals surface area contributed by atoms with Crippen molar-refractivity contribution in [3.63, 3.8) is 0 Å². The molecule has 0 aliphatic carbocycles. The smallest absolute Gasteiger partial charge is 0.219 e. The summed E-state index contributed by atoms with van der Waals surface area (Å²) < 4.78 is 28.8. The highest BCUT2D eigenvalue weighted by Gasteiger charge is 2.32. The van der Waals surface area contributed by atoms with Crippen molar-refractivity contribution in [1.82, 2.24) is 19.5 Å². The van der Waals surface area contributed by atoms with E-state index < -0.39 is 5.82 Å². The number of rotatable bonds is 5. The second-order valence-corrected chi connectivity index (χ2v) is 8.53. The number of aromatic nitrogens is 4. The number of ether oxygens (including phenoxy) is 2. The van der Waals surface area contributed by atoms with Gasteiger partial charge in [0.1, 0.15) is 17.8 Å². The topological polar surface area (TPSA) is 91.3 Å². The van der Waals surface area contributed by atoms with Crippen LogP contribution in [0.4, 0.5) is 21.6 Å². The van der Waals surface area contributed by atoms with Crippen LogP contribution in [-0.4, -0.2) is 33.2 Å². The first-order valence-corrected chi connectivity index (χ1v) is 11.5. The molecule has 3 aromatic heterocycles. The van der Waals surface area contributed by atoms with E-state index in [0.29, 0.717) is 36.0 Å². The van der Waals surface area contributed by atoms with Crippen LogP contribution in [0.5, 0.6) is 17.4 Å². The third kappa shape index (κ3) is 3.48. The van der Waals surface area contributed by atoms with E-state index in [1.54, 1.807) is 31.5 Å². The van der Waals surface area contributed by atoms with Gasteiger partial charge in [-0.2, -0.15) is 0 Å². The van der Waals surface area contributed by atoms with Crippen molar-refractivity contribution < 1.29 is 13.9 Å². The molecule has 180 valence electrons. The lowest BCUT2D eigenvalue weighted by Crippen LogP contribution is -2.15. The Morgan fingerprint density at radius 2 is 1.92 bits per heavy atom. The lowest BCUT2D eigenvalue weighted by molar-refractivity contribution is 0.417. The molecule has 6 rings (SSSR count). The van der Waals surface area contributed by atoms with Crippen LogP contribution in [0.1, 0.15) is 5.69 Å². The van der Waals surface area contributed by atoms with Crippen molar-refractivity contribution in [2.75, 3.05) is 24.3 Å². The molecule has 0 spiro atoms. The lowest BCUT2D eigenvalue weighted by atomic mass is 10.0. The molecular weight excluding hydrogens is 459 g/mol. The Bertz CT molecular complexity index is 1620. The number of benzene rings is 2. The Labute approximate surface area is 206 Å². The van der Waals surface area contributed by atoms with Crippen LogP contribution in [0.2, 0.25) is 0 Å². The number of halogens is 1. The minimum absolute atomic E-state index is 0.0996. The van der Waals surface area contributed by atoms with Crippen molar-refractivity contribution in [2.24, 2.45) is 0 Å². The van der Waals surface area contributed by atoms with Crippen molar-refractivity contribution in [3.05, 3.63) is 78.6 Å². The summed E-state index contributed by atoms with van der Waals surface area (Å²) in [5, 5.41) is 0.827. The molecule has 0 radical (unpaired) electrons. The predicted molar refractivity (Wildman–Crippen MR) is 136 cm³/mol. The van der Waals surface area contributed by atoms with E-state index in [1.165, 1.54) is 12.4 Å². The molecule has 0 atom stereocenters. The van der Waals surface area contributed by atoms with Crippen molar-refractivity contribution in [3.8, 4) is 28.5 Å². The summed E-state index contributed by atoms with van der Waals surface area (Å²) in [6.07, 6.45) is 3.28. The first kappa shape index (κ1) is 21.8. The van der Waals surface area contributed by atoms with Crippen LogP contribution < -0.4 is 20.1 Å². The van der Waals surface area contributed by atoms with Crippen molar-refractivity contribution >= 4 is 28.2 Å². The third-order valence-electron chi connectivity index (χ3n) is 6.32. The molecule has 0 bridgehead atoms. The molecule has 1 aliphatic heterocycles. The van der Waals surface area contributed by atoms with Crippen LogP contribution in [0.25, 0.3) is 22.2 Å². The summed E-state index contributed by atoms with van der Waals surface area (Å²) in [5.41, 5.74) is 10.7. The van der Waals surface area contributed by atoms with Gasteiger partial charge in [0.2, 0.25) is 5.88 Å². The molecular formula is C27H23FN6O2. The summed E-state index contributed by atoms with van der Waals surface area (Å²) >= 11 is 0. The van der Waals surface area contributed by atoms with E-state index in [-0.39, 0.29) is 5.75 Å². The van der Waals surface area contributed by atoms with Crippen molar-refractivity contribution in [2.45, 2.75) is 13.5 Å². The van der Waals surface area contributed by atoms with Gasteiger partial charge in [0, 0.05) is 42.0 Å². The molecule has 0 fully saturated rings. The van der Waals surface area contributed by atoms with Gasteiger partial charge in [-0.05, 0) is 42.8 Å². The molecule has 36 heavy (non-hydrogen) atoms. The zero-order valence-corrected chi connectivity index (χ0v) is 19.8. The zero-order valence-electron chi connectivity index (χ0n) is 19.8. The largest absolute Gasteiger partial charge is 0.492 e. The van der Waals surface area contributed by atoms with Crippen molar-refractivity contribution in [1.29, 1.82) is 0 Å². The minimum atomic E-state index is -0.494. The van der Waals surface area contributed by atoms with Crippen LogP contribution in [0.3, 0.4) is 0 Å². The monoisotopic (exact) mass is 482 g/mol. The average Bonchev–Trinajstić information content (AvgIpc) is 3.44. The quantitative estimate of drug-likeness (QED) is 0.332. The van der Waals surface area contributed by atoms with E-state index >= 15 is 4.39 Å². The fourth-order valence-electron chi connectivity index (χ4n) is 4.79. The number of nitrogens with two attached hydrogens (primary N) is 1. The molecule has 2 aromatic carbocycles. The Morgan fingerprint density at radius 3 is 2.72 bits per heavy atom. The summed E-state index contributed by atoms with van der Waals surface area (Å²) in [7, 11) is 1.60. The molecule has 5 aromatic rings. The molecule has 2 N–H and O–H groups in total. The van der Waals surface area contributed by atoms with E-state index in [4.69, 9.17) is 15.2 Å². The molecule has 9 heteroatoms. The fraction of sp³-hybridized carbons (Fsp3) is 0.148. The molecule has 0 amide bonds. The maximum atomic E-state index is 15.3. The number of para-hydroxylation sites is 1. The van der Waals surface area contributed by atoms with Crippen LogP contribution in [-0.2, 0) is 6.54 Å². The van der Waals surface area contributed by atoms with Gasteiger partial charge in [0.15, 0.2) is 17.3 Å². The SMILES string of the molecule is COc1c(N)cccc1N1CCn2c1c(-c1ccc(Oc3cccc(C)n3)c(F)c1)c1cncnc12. The Kier molecular flexibility index (Phi) is 5.18. The molecule has 0 saturated heterocycles. The number of nitrogen functional groups attached to an aromatic ring is 1. The summed E-state index contributed by atoms with van der Waals surface area (Å²) in [5.74, 6) is 1.41. The van der Waals surface area contributed by atoms with Gasteiger partial charge in [-0.25, -0.2) is 19.3 Å². The van der Waals surface area contributed by atoms with Crippen LogP contribution in [0.15, 0.2) is 67.1 Å². The van der Waals surface area contributed by atoms with Gasteiger partial charge in [-0.1, -0.05) is 18.2 Å². The highest BCUT2D eigenvalue weighted by molar-refractivity contribution is 6.03. The van der Waals surface area contributed by atoms with E-state index in [0.717, 1.165) is 33.8 Å². The maximum absolute atomic E-state index is 15.3. The zero-order chi connectivity index (χ0) is 24.8. The highest BCUT2D eigenvalue weighted by atomic mass is 19.1. The molecule has 8 nitrogen and oxygen atoms in total. The Hall–Kier alpha value is -4.66. The second-order valence-electron chi connectivity index (χ2n) is 8.53. The number of hydrogen-bond acceptors (Lipinski definition) is 7. The first-order valence-electron chi connectivity index (χ1n) is 11.5. The van der Waals surface area contributed by atoms with Gasteiger partial charge in [0.25, 0.3) is 0 Å². The number of nitrogens with zero attached hydrogens (tertiary/aromatic N) is 5. The van der Waals surface area contributed by atoms with Gasteiger partial charge < -0.3 is 24.7 Å². The first-order chi connectivity index (χ1) is 17.5. The minimum Gasteiger partial charge on any atom is -0.492 e. The lowest BCUT2D eigenvalue weighted by Gasteiger charge is -2.23. The Balaban J connectivity index is 1.49. The summed E-state index contributed by atoms with van der Waals surface area (Å²) in [6, 6.07) is 16.0. The molecule has 1 aliphatic rings. The molecule has 4 heterocycles. The number of aryl methyl sites for hydroxylation is 1. The summed E-state index contributed by atoms with van der Waals surface area (Å²) in [6.45, 7) is 3.24. The number of fused-ring (bicyclic) bond motifs is 3. The van der Waals surface area contributed by atoms with E-state index in [9.17, 15) is 0 Å². The number of pyridine rings is 1. The average molecular weight is 483 g/mol. The van der Waals surface area contributed by atoms with E-state index in [1.807, 2.05) is 37.3 Å². The van der Waals surface area contributed by atoms with Gasteiger partial charge in [-0.15, -0.1) is 0 Å². The number of anilines is 3. The third-order valence-corrected chi connectivity index (χ3v) is 6.32. The maximum Gasteiger partial charge on any atom is 0.219 e. The Morgan fingerprint density at radius 1 is 1.06 bits per heavy atom. The number of methoxy groups -OCH3 is 1. The fourth-order valence-corrected chi connectivity index (χ4v) is 4.79. The highest BCUT2D eigenvalue weighted by Crippen LogP contribution is 2.48. The van der Waals surface area contributed by atoms with Crippen LogP contribution in [0, 0.1) is 12.7 Å².